The van der Waals surface area contributed by atoms with Crippen molar-refractivity contribution in [3.05, 3.63) is 30.0 Å². The second kappa shape index (κ2) is 4.86. The lowest BCUT2D eigenvalue weighted by Crippen LogP contribution is -2.51. The van der Waals surface area contributed by atoms with Gasteiger partial charge in [-0.05, 0) is 24.8 Å². The Kier molecular flexibility index (Phi) is 3.00. The number of aryl methyl sites for hydroxylation is 1. The average molecular weight is 270 g/mol. The normalized spacial score (nSPS) is 24.4. The quantitative estimate of drug-likeness (QED) is 0.922. The Hall–Kier alpha value is -1.39. The highest BCUT2D eigenvalue weighted by molar-refractivity contribution is 5.81. The number of aromatic nitrogens is 2. The molecule has 2 heterocycles. The van der Waals surface area contributed by atoms with Crippen LogP contribution in [-0.2, 0) is 13.6 Å². The number of para-hydroxylation sites is 1. The molecule has 1 aromatic carbocycles. The summed E-state index contributed by atoms with van der Waals surface area (Å²) in [5, 5.41) is 9.61. The van der Waals surface area contributed by atoms with Gasteiger partial charge >= 0.3 is 0 Å². The Morgan fingerprint density at radius 3 is 3.00 bits per heavy atom. The van der Waals surface area contributed by atoms with Crippen molar-refractivity contribution in [1.82, 2.24) is 20.0 Å². The summed E-state index contributed by atoms with van der Waals surface area (Å²) in [6, 6.07) is 9.27. The second-order valence-electron chi connectivity index (χ2n) is 6.17. The molecular weight excluding hydrogens is 248 g/mol. The summed E-state index contributed by atoms with van der Waals surface area (Å²) in [5.41, 5.74) is 2.47. The van der Waals surface area contributed by atoms with Crippen LogP contribution in [0.2, 0.25) is 0 Å². The first-order valence-corrected chi connectivity index (χ1v) is 7.68. The van der Waals surface area contributed by atoms with Gasteiger partial charge in [0.1, 0.15) is 0 Å². The third kappa shape index (κ3) is 2.13. The maximum absolute atomic E-state index is 4.75. The van der Waals surface area contributed by atoms with Gasteiger partial charge in [0.05, 0.1) is 11.2 Å². The number of piperazine rings is 1. The van der Waals surface area contributed by atoms with Crippen molar-refractivity contribution in [3.8, 4) is 0 Å². The van der Waals surface area contributed by atoms with E-state index >= 15 is 0 Å². The monoisotopic (exact) mass is 270 g/mol. The third-order valence-corrected chi connectivity index (χ3v) is 4.75. The zero-order chi connectivity index (χ0) is 13.5. The van der Waals surface area contributed by atoms with Crippen molar-refractivity contribution in [2.75, 3.05) is 19.6 Å². The van der Waals surface area contributed by atoms with Crippen molar-refractivity contribution in [2.24, 2.45) is 13.0 Å². The Labute approximate surface area is 119 Å². The highest BCUT2D eigenvalue weighted by Gasteiger charge is 2.36. The van der Waals surface area contributed by atoms with Crippen LogP contribution in [0.25, 0.3) is 10.9 Å². The standard InChI is InChI=1S/C16H22N4/c1-19-15-5-3-2-4-13(15)14(18-19)11-20-9-8-17-10-16(20)12-6-7-12/h2-5,12,16-17H,6-11H2,1H3. The number of nitrogens with zero attached hydrogens (tertiary/aromatic N) is 3. The van der Waals surface area contributed by atoms with Gasteiger partial charge in [0.15, 0.2) is 0 Å². The number of benzene rings is 1. The lowest BCUT2D eigenvalue weighted by atomic mass is 10.1. The number of fused-ring (bicyclic) bond motifs is 1. The molecule has 1 aliphatic heterocycles. The van der Waals surface area contributed by atoms with Crippen LogP contribution < -0.4 is 5.32 Å². The van der Waals surface area contributed by atoms with Gasteiger partial charge in [0, 0.05) is 44.7 Å². The molecule has 2 aliphatic rings. The van der Waals surface area contributed by atoms with Gasteiger partial charge < -0.3 is 5.32 Å². The molecule has 0 spiro atoms. The summed E-state index contributed by atoms with van der Waals surface area (Å²) in [5.74, 6) is 0.915. The predicted molar refractivity (Wildman–Crippen MR) is 80.5 cm³/mol. The Bertz CT molecular complexity index is 614. The minimum Gasteiger partial charge on any atom is -0.314 e. The van der Waals surface area contributed by atoms with Crippen molar-refractivity contribution in [2.45, 2.75) is 25.4 Å². The van der Waals surface area contributed by atoms with E-state index in [0.717, 1.165) is 32.1 Å². The topological polar surface area (TPSA) is 33.1 Å². The van der Waals surface area contributed by atoms with E-state index in [0.29, 0.717) is 6.04 Å². The van der Waals surface area contributed by atoms with E-state index in [-0.39, 0.29) is 0 Å². The molecule has 1 saturated carbocycles. The number of nitrogens with one attached hydrogen (secondary N) is 1. The highest BCUT2D eigenvalue weighted by Crippen LogP contribution is 2.36. The smallest absolute Gasteiger partial charge is 0.0843 e. The largest absolute Gasteiger partial charge is 0.314 e. The number of hydrogen-bond donors (Lipinski definition) is 1. The Morgan fingerprint density at radius 1 is 1.30 bits per heavy atom. The molecule has 1 aliphatic carbocycles. The first-order valence-electron chi connectivity index (χ1n) is 7.68. The van der Waals surface area contributed by atoms with Crippen LogP contribution >= 0.6 is 0 Å². The van der Waals surface area contributed by atoms with E-state index in [4.69, 9.17) is 5.10 Å². The van der Waals surface area contributed by atoms with Gasteiger partial charge in [-0.3, -0.25) is 9.58 Å². The molecule has 4 rings (SSSR count). The summed E-state index contributed by atoms with van der Waals surface area (Å²) in [4.78, 5) is 2.64. The van der Waals surface area contributed by atoms with E-state index in [1.807, 2.05) is 11.7 Å². The molecule has 1 saturated heterocycles. The van der Waals surface area contributed by atoms with Crippen LogP contribution in [0.4, 0.5) is 0 Å². The Balaban J connectivity index is 1.62. The summed E-state index contributed by atoms with van der Waals surface area (Å²) >= 11 is 0. The summed E-state index contributed by atoms with van der Waals surface area (Å²) < 4.78 is 2.01. The van der Waals surface area contributed by atoms with Crippen LogP contribution in [0.1, 0.15) is 18.5 Å². The van der Waals surface area contributed by atoms with E-state index in [1.54, 1.807) is 0 Å². The van der Waals surface area contributed by atoms with Gasteiger partial charge in [0.2, 0.25) is 0 Å². The molecule has 0 radical (unpaired) electrons. The lowest BCUT2D eigenvalue weighted by molar-refractivity contribution is 0.134. The molecule has 1 unspecified atom stereocenters. The molecule has 2 aromatic rings. The highest BCUT2D eigenvalue weighted by atomic mass is 15.3. The molecule has 0 amide bonds. The van der Waals surface area contributed by atoms with Crippen LogP contribution in [-0.4, -0.2) is 40.4 Å². The first kappa shape index (κ1) is 12.4. The minimum absolute atomic E-state index is 0.713. The fourth-order valence-corrected chi connectivity index (χ4v) is 3.51. The van der Waals surface area contributed by atoms with Crippen LogP contribution in [0.3, 0.4) is 0 Å². The van der Waals surface area contributed by atoms with Crippen molar-refractivity contribution < 1.29 is 0 Å². The second-order valence-corrected chi connectivity index (χ2v) is 6.17. The van der Waals surface area contributed by atoms with E-state index < -0.39 is 0 Å². The SMILES string of the molecule is Cn1nc(CN2CCNCC2C2CC2)c2ccccc21. The maximum Gasteiger partial charge on any atom is 0.0843 e. The molecule has 2 fully saturated rings. The van der Waals surface area contributed by atoms with Crippen LogP contribution in [0.5, 0.6) is 0 Å². The number of hydrogen-bond acceptors (Lipinski definition) is 3. The third-order valence-electron chi connectivity index (χ3n) is 4.75. The zero-order valence-electron chi connectivity index (χ0n) is 12.0. The molecule has 106 valence electrons. The van der Waals surface area contributed by atoms with Gasteiger partial charge in [-0.2, -0.15) is 5.10 Å². The molecule has 1 N–H and O–H groups in total. The number of rotatable bonds is 3. The predicted octanol–water partition coefficient (Wildman–Crippen LogP) is 1.76. The molecule has 1 atom stereocenters. The average Bonchev–Trinajstić information content (AvgIpc) is 3.27. The minimum atomic E-state index is 0.713. The molecule has 4 nitrogen and oxygen atoms in total. The molecule has 1 aromatic heterocycles. The fourth-order valence-electron chi connectivity index (χ4n) is 3.51. The van der Waals surface area contributed by atoms with E-state index in [9.17, 15) is 0 Å². The summed E-state index contributed by atoms with van der Waals surface area (Å²) in [6.45, 7) is 4.39. The summed E-state index contributed by atoms with van der Waals surface area (Å²) in [6.07, 6.45) is 2.82. The molecule has 20 heavy (non-hydrogen) atoms. The van der Waals surface area contributed by atoms with E-state index in [2.05, 4.69) is 34.5 Å². The van der Waals surface area contributed by atoms with Crippen molar-refractivity contribution >= 4 is 10.9 Å². The molecule has 0 bridgehead atoms. The fraction of sp³-hybridized carbons (Fsp3) is 0.562. The first-order chi connectivity index (χ1) is 9.83. The van der Waals surface area contributed by atoms with Crippen molar-refractivity contribution in [1.29, 1.82) is 0 Å². The van der Waals surface area contributed by atoms with Gasteiger partial charge in [0.25, 0.3) is 0 Å². The molecular formula is C16H22N4. The lowest BCUT2D eigenvalue weighted by Gasteiger charge is -2.36. The van der Waals surface area contributed by atoms with Crippen LogP contribution in [0.15, 0.2) is 24.3 Å². The van der Waals surface area contributed by atoms with Crippen LogP contribution in [0, 0.1) is 5.92 Å². The molecule has 4 heteroatoms. The maximum atomic E-state index is 4.75. The Morgan fingerprint density at radius 2 is 2.15 bits per heavy atom. The van der Waals surface area contributed by atoms with Gasteiger partial charge in [-0.25, -0.2) is 0 Å². The van der Waals surface area contributed by atoms with Gasteiger partial charge in [-0.1, -0.05) is 18.2 Å². The van der Waals surface area contributed by atoms with Crippen molar-refractivity contribution in [3.63, 3.8) is 0 Å². The zero-order valence-corrected chi connectivity index (χ0v) is 12.0. The van der Waals surface area contributed by atoms with E-state index in [1.165, 1.54) is 29.4 Å². The van der Waals surface area contributed by atoms with Gasteiger partial charge in [-0.15, -0.1) is 0 Å². The summed E-state index contributed by atoms with van der Waals surface area (Å²) in [7, 11) is 2.04.